The summed E-state index contributed by atoms with van der Waals surface area (Å²) in [6, 6.07) is 12.7. The number of aryl methyl sites for hydroxylation is 2. The lowest BCUT2D eigenvalue weighted by Crippen LogP contribution is -2.14. The molecular formula is C21H28N2. The zero-order valence-electron chi connectivity index (χ0n) is 14.5. The first-order valence-electron chi connectivity index (χ1n) is 9.14. The summed E-state index contributed by atoms with van der Waals surface area (Å²) < 4.78 is 0. The van der Waals surface area contributed by atoms with Crippen molar-refractivity contribution in [2.75, 3.05) is 0 Å². The molecule has 0 radical (unpaired) electrons. The molecule has 0 unspecified atom stereocenters. The maximum atomic E-state index is 4.44. The van der Waals surface area contributed by atoms with Crippen LogP contribution in [0, 0.1) is 18.8 Å². The van der Waals surface area contributed by atoms with E-state index in [0.717, 1.165) is 35.2 Å². The van der Waals surface area contributed by atoms with Crippen LogP contribution < -0.4 is 0 Å². The SMILES string of the molecule is CCC1CCC(CCc2ccc(-c3ccc(C)cc3)nn2)CC1. The smallest absolute Gasteiger partial charge is 0.0929 e. The van der Waals surface area contributed by atoms with Gasteiger partial charge in [-0.3, -0.25) is 0 Å². The lowest BCUT2D eigenvalue weighted by atomic mass is 9.79. The van der Waals surface area contributed by atoms with Crippen LogP contribution in [-0.4, -0.2) is 10.2 Å². The van der Waals surface area contributed by atoms with E-state index in [1.54, 1.807) is 0 Å². The molecule has 1 heterocycles. The molecule has 2 aromatic rings. The largest absolute Gasteiger partial charge is 0.155 e. The van der Waals surface area contributed by atoms with Gasteiger partial charge in [-0.15, -0.1) is 0 Å². The molecule has 122 valence electrons. The molecule has 0 N–H and O–H groups in total. The van der Waals surface area contributed by atoms with Crippen LogP contribution in [-0.2, 0) is 6.42 Å². The normalized spacial score (nSPS) is 21.3. The average Bonchev–Trinajstić information content (AvgIpc) is 2.61. The fourth-order valence-electron chi connectivity index (χ4n) is 3.65. The Morgan fingerprint density at radius 2 is 1.57 bits per heavy atom. The topological polar surface area (TPSA) is 25.8 Å². The summed E-state index contributed by atoms with van der Waals surface area (Å²) >= 11 is 0. The lowest BCUT2D eigenvalue weighted by Gasteiger charge is -2.27. The molecule has 1 aromatic heterocycles. The van der Waals surface area contributed by atoms with E-state index in [9.17, 15) is 0 Å². The van der Waals surface area contributed by atoms with Crippen molar-refractivity contribution in [3.63, 3.8) is 0 Å². The van der Waals surface area contributed by atoms with Gasteiger partial charge in [-0.1, -0.05) is 68.9 Å². The number of aromatic nitrogens is 2. The Morgan fingerprint density at radius 3 is 2.17 bits per heavy atom. The van der Waals surface area contributed by atoms with E-state index >= 15 is 0 Å². The molecule has 0 aliphatic heterocycles. The second kappa shape index (κ2) is 7.72. The van der Waals surface area contributed by atoms with Gasteiger partial charge in [0, 0.05) is 5.56 Å². The molecule has 0 amide bonds. The van der Waals surface area contributed by atoms with Gasteiger partial charge in [0.25, 0.3) is 0 Å². The van der Waals surface area contributed by atoms with Crippen LogP contribution in [0.3, 0.4) is 0 Å². The Bertz CT molecular complexity index is 593. The fraction of sp³-hybridized carbons (Fsp3) is 0.524. The first kappa shape index (κ1) is 16.2. The monoisotopic (exact) mass is 308 g/mol. The molecule has 23 heavy (non-hydrogen) atoms. The van der Waals surface area contributed by atoms with Crippen molar-refractivity contribution in [1.82, 2.24) is 10.2 Å². The summed E-state index contributed by atoms with van der Waals surface area (Å²) in [6.07, 6.45) is 9.38. The highest BCUT2D eigenvalue weighted by atomic mass is 15.1. The predicted molar refractivity (Wildman–Crippen MR) is 96.3 cm³/mol. The molecule has 0 atom stereocenters. The third-order valence-electron chi connectivity index (χ3n) is 5.42. The third kappa shape index (κ3) is 4.40. The number of hydrogen-bond donors (Lipinski definition) is 0. The van der Waals surface area contributed by atoms with E-state index in [1.807, 2.05) is 0 Å². The lowest BCUT2D eigenvalue weighted by molar-refractivity contribution is 0.258. The molecule has 0 saturated heterocycles. The zero-order valence-corrected chi connectivity index (χ0v) is 14.5. The van der Waals surface area contributed by atoms with Crippen LogP contribution >= 0.6 is 0 Å². The van der Waals surface area contributed by atoms with Crippen molar-refractivity contribution in [2.24, 2.45) is 11.8 Å². The maximum Gasteiger partial charge on any atom is 0.0929 e. The minimum absolute atomic E-state index is 0.899. The number of hydrogen-bond acceptors (Lipinski definition) is 2. The van der Waals surface area contributed by atoms with E-state index in [2.05, 4.69) is 60.4 Å². The third-order valence-corrected chi connectivity index (χ3v) is 5.42. The highest BCUT2D eigenvalue weighted by Gasteiger charge is 2.19. The Balaban J connectivity index is 1.53. The van der Waals surface area contributed by atoms with Gasteiger partial charge in [0.1, 0.15) is 0 Å². The van der Waals surface area contributed by atoms with E-state index < -0.39 is 0 Å². The average molecular weight is 308 g/mol. The zero-order chi connectivity index (χ0) is 16.1. The summed E-state index contributed by atoms with van der Waals surface area (Å²) in [7, 11) is 0. The van der Waals surface area contributed by atoms with Crippen LogP contribution in [0.4, 0.5) is 0 Å². The van der Waals surface area contributed by atoms with E-state index in [-0.39, 0.29) is 0 Å². The molecule has 2 nitrogen and oxygen atoms in total. The predicted octanol–water partition coefficient (Wildman–Crippen LogP) is 5.60. The molecule has 1 saturated carbocycles. The van der Waals surface area contributed by atoms with E-state index in [4.69, 9.17) is 0 Å². The molecular weight excluding hydrogens is 280 g/mol. The minimum Gasteiger partial charge on any atom is -0.155 e. The highest BCUT2D eigenvalue weighted by molar-refractivity contribution is 5.58. The molecule has 1 fully saturated rings. The van der Waals surface area contributed by atoms with Gasteiger partial charge < -0.3 is 0 Å². The molecule has 3 rings (SSSR count). The van der Waals surface area contributed by atoms with Crippen LogP contribution in [0.1, 0.15) is 56.7 Å². The van der Waals surface area contributed by atoms with E-state index in [0.29, 0.717) is 0 Å². The quantitative estimate of drug-likeness (QED) is 0.718. The first-order valence-corrected chi connectivity index (χ1v) is 9.14. The van der Waals surface area contributed by atoms with Gasteiger partial charge >= 0.3 is 0 Å². The minimum atomic E-state index is 0.899. The van der Waals surface area contributed by atoms with Gasteiger partial charge in [-0.2, -0.15) is 10.2 Å². The highest BCUT2D eigenvalue weighted by Crippen LogP contribution is 2.32. The summed E-state index contributed by atoms with van der Waals surface area (Å²) in [5.41, 5.74) is 4.53. The van der Waals surface area contributed by atoms with Crippen LogP contribution in [0.2, 0.25) is 0 Å². The van der Waals surface area contributed by atoms with Crippen LogP contribution in [0.5, 0.6) is 0 Å². The molecule has 1 aliphatic carbocycles. The van der Waals surface area contributed by atoms with Gasteiger partial charge in [0.15, 0.2) is 0 Å². The second-order valence-electron chi connectivity index (χ2n) is 7.11. The van der Waals surface area contributed by atoms with Crippen LogP contribution in [0.25, 0.3) is 11.3 Å². The fourth-order valence-corrected chi connectivity index (χ4v) is 3.65. The standard InChI is InChI=1S/C21H28N2/c1-3-17-6-8-18(9-7-17)10-13-20-14-15-21(23-22-20)19-11-4-16(2)5-12-19/h4-5,11-12,14-15,17-18H,3,6-10,13H2,1-2H3. The van der Waals surface area contributed by atoms with Crippen molar-refractivity contribution < 1.29 is 0 Å². The van der Waals surface area contributed by atoms with Crippen LogP contribution in [0.15, 0.2) is 36.4 Å². The summed E-state index contributed by atoms with van der Waals surface area (Å²) in [4.78, 5) is 0. The summed E-state index contributed by atoms with van der Waals surface area (Å²) in [6.45, 7) is 4.43. The Kier molecular flexibility index (Phi) is 5.43. The van der Waals surface area contributed by atoms with Crippen molar-refractivity contribution >= 4 is 0 Å². The van der Waals surface area contributed by atoms with Gasteiger partial charge in [0.2, 0.25) is 0 Å². The van der Waals surface area contributed by atoms with Crippen molar-refractivity contribution in [3.8, 4) is 11.3 Å². The molecule has 2 heteroatoms. The molecule has 1 aromatic carbocycles. The first-order chi connectivity index (χ1) is 11.2. The number of rotatable bonds is 5. The van der Waals surface area contributed by atoms with E-state index in [1.165, 1.54) is 44.1 Å². The van der Waals surface area contributed by atoms with Gasteiger partial charge in [-0.25, -0.2) is 0 Å². The maximum absolute atomic E-state index is 4.44. The van der Waals surface area contributed by atoms with Gasteiger partial charge in [0.05, 0.1) is 11.4 Å². The Labute approximate surface area is 140 Å². The number of nitrogens with zero attached hydrogens (tertiary/aromatic N) is 2. The van der Waals surface area contributed by atoms with Gasteiger partial charge in [-0.05, 0) is 43.7 Å². The van der Waals surface area contributed by atoms with Crippen molar-refractivity contribution in [3.05, 3.63) is 47.7 Å². The number of benzene rings is 1. The second-order valence-corrected chi connectivity index (χ2v) is 7.11. The Hall–Kier alpha value is -1.70. The van der Waals surface area contributed by atoms with Crippen molar-refractivity contribution in [1.29, 1.82) is 0 Å². The van der Waals surface area contributed by atoms with Crippen molar-refractivity contribution in [2.45, 2.75) is 58.8 Å². The Morgan fingerprint density at radius 1 is 0.870 bits per heavy atom. The molecule has 0 bridgehead atoms. The summed E-state index contributed by atoms with van der Waals surface area (Å²) in [5, 5.41) is 8.86. The summed E-state index contributed by atoms with van der Waals surface area (Å²) in [5.74, 6) is 1.89. The molecule has 0 spiro atoms. The molecule has 1 aliphatic rings.